The molecule has 0 aliphatic carbocycles. The van der Waals surface area contributed by atoms with Crippen molar-refractivity contribution in [2.24, 2.45) is 0 Å². The van der Waals surface area contributed by atoms with Crippen LogP contribution in [0.25, 0.3) is 0 Å². The molecule has 1 amide bonds. The molecule has 1 aromatic heterocycles. The minimum Gasteiger partial charge on any atom is -0.379 e. The summed E-state index contributed by atoms with van der Waals surface area (Å²) in [7, 11) is 0. The largest absolute Gasteiger partial charge is 0.379 e. The topological polar surface area (TPSA) is 45.7 Å². The van der Waals surface area contributed by atoms with Gasteiger partial charge in [0.25, 0.3) is 5.91 Å². The highest BCUT2D eigenvalue weighted by molar-refractivity contribution is 7.09. The van der Waals surface area contributed by atoms with Crippen molar-refractivity contribution in [2.45, 2.75) is 25.9 Å². The standard InChI is InChI=1S/C18H21N3O2S/c1-13-10-14-4-2-3-5-16(14)21(13)18(22)15-12-24-17(19-15)11-20-6-8-23-9-7-20/h2-5,12-13H,6-11H2,1H3. The Kier molecular flexibility index (Phi) is 4.35. The van der Waals surface area contributed by atoms with Gasteiger partial charge in [-0.3, -0.25) is 9.69 Å². The van der Waals surface area contributed by atoms with E-state index in [0.717, 1.165) is 50.0 Å². The van der Waals surface area contributed by atoms with E-state index in [9.17, 15) is 4.79 Å². The lowest BCUT2D eigenvalue weighted by atomic mass is 10.1. The molecule has 1 unspecified atom stereocenters. The average molecular weight is 343 g/mol. The highest BCUT2D eigenvalue weighted by Gasteiger charge is 2.32. The highest BCUT2D eigenvalue weighted by atomic mass is 32.1. The van der Waals surface area contributed by atoms with Crippen LogP contribution in [0, 0.1) is 0 Å². The average Bonchev–Trinajstić information content (AvgIpc) is 3.19. The number of aromatic nitrogens is 1. The molecule has 1 atom stereocenters. The van der Waals surface area contributed by atoms with E-state index in [4.69, 9.17) is 4.74 Å². The first-order valence-electron chi connectivity index (χ1n) is 8.38. The van der Waals surface area contributed by atoms with E-state index in [1.54, 1.807) is 11.3 Å². The molecule has 1 fully saturated rings. The molecule has 4 rings (SSSR count). The molecular formula is C18H21N3O2S. The Balaban J connectivity index is 1.51. The lowest BCUT2D eigenvalue weighted by Gasteiger charge is -2.25. The first kappa shape index (κ1) is 15.7. The van der Waals surface area contributed by atoms with Crippen LogP contribution in [0.5, 0.6) is 0 Å². The zero-order valence-corrected chi connectivity index (χ0v) is 14.6. The van der Waals surface area contributed by atoms with Gasteiger partial charge in [0.15, 0.2) is 0 Å². The zero-order valence-electron chi connectivity index (χ0n) is 13.8. The minimum absolute atomic E-state index is 0.0110. The Morgan fingerprint density at radius 3 is 2.96 bits per heavy atom. The van der Waals surface area contributed by atoms with Gasteiger partial charge in [0.05, 0.1) is 19.8 Å². The maximum Gasteiger partial charge on any atom is 0.278 e. The van der Waals surface area contributed by atoms with Crippen LogP contribution in [0.2, 0.25) is 0 Å². The molecule has 126 valence electrons. The second-order valence-electron chi connectivity index (χ2n) is 6.37. The summed E-state index contributed by atoms with van der Waals surface area (Å²) < 4.78 is 5.37. The van der Waals surface area contributed by atoms with Crippen LogP contribution < -0.4 is 4.90 Å². The molecule has 6 heteroatoms. The highest BCUT2D eigenvalue weighted by Crippen LogP contribution is 2.33. The first-order valence-corrected chi connectivity index (χ1v) is 9.26. The number of carbonyl (C=O) groups is 1. The monoisotopic (exact) mass is 343 g/mol. The molecule has 2 aliphatic rings. The van der Waals surface area contributed by atoms with E-state index < -0.39 is 0 Å². The van der Waals surface area contributed by atoms with Crippen LogP contribution in [-0.2, 0) is 17.7 Å². The Morgan fingerprint density at radius 2 is 2.12 bits per heavy atom. The van der Waals surface area contributed by atoms with Crippen LogP contribution >= 0.6 is 11.3 Å². The van der Waals surface area contributed by atoms with E-state index in [1.165, 1.54) is 5.56 Å². The van der Waals surface area contributed by atoms with Gasteiger partial charge in [-0.05, 0) is 25.0 Å². The second-order valence-corrected chi connectivity index (χ2v) is 7.31. The van der Waals surface area contributed by atoms with Crippen LogP contribution in [0.1, 0.15) is 28.0 Å². The molecule has 0 N–H and O–H groups in total. The number of amides is 1. The van der Waals surface area contributed by atoms with Gasteiger partial charge < -0.3 is 9.64 Å². The predicted octanol–water partition coefficient (Wildman–Crippen LogP) is 2.57. The fourth-order valence-corrected chi connectivity index (χ4v) is 4.24. The second kappa shape index (κ2) is 6.63. The van der Waals surface area contributed by atoms with E-state index in [-0.39, 0.29) is 11.9 Å². The fraction of sp³-hybridized carbons (Fsp3) is 0.444. The first-order chi connectivity index (χ1) is 11.7. The predicted molar refractivity (Wildman–Crippen MR) is 94.6 cm³/mol. The summed E-state index contributed by atoms with van der Waals surface area (Å²) >= 11 is 1.57. The van der Waals surface area contributed by atoms with Gasteiger partial charge in [-0.15, -0.1) is 11.3 Å². The Bertz CT molecular complexity index is 739. The van der Waals surface area contributed by atoms with Gasteiger partial charge >= 0.3 is 0 Å². The number of hydrogen-bond acceptors (Lipinski definition) is 5. The quantitative estimate of drug-likeness (QED) is 0.859. The number of ether oxygens (including phenoxy) is 1. The summed E-state index contributed by atoms with van der Waals surface area (Å²) in [5.74, 6) is 0.0110. The third-order valence-electron chi connectivity index (χ3n) is 4.66. The van der Waals surface area contributed by atoms with E-state index in [1.807, 2.05) is 28.5 Å². The van der Waals surface area contributed by atoms with Crippen LogP contribution in [0.15, 0.2) is 29.6 Å². The van der Waals surface area contributed by atoms with Crippen molar-refractivity contribution >= 4 is 22.9 Å². The van der Waals surface area contributed by atoms with Gasteiger partial charge in [-0.25, -0.2) is 4.98 Å². The van der Waals surface area contributed by atoms with Gasteiger partial charge in [-0.1, -0.05) is 18.2 Å². The Hall–Kier alpha value is -1.76. The summed E-state index contributed by atoms with van der Waals surface area (Å²) in [6.45, 7) is 6.31. The number of anilines is 1. The number of morpholine rings is 1. The fourth-order valence-electron chi connectivity index (χ4n) is 3.43. The van der Waals surface area contributed by atoms with Crippen molar-refractivity contribution in [1.82, 2.24) is 9.88 Å². The molecule has 1 aromatic carbocycles. The van der Waals surface area contributed by atoms with E-state index in [2.05, 4.69) is 22.9 Å². The molecule has 2 aromatic rings. The van der Waals surface area contributed by atoms with Gasteiger partial charge in [0.1, 0.15) is 10.7 Å². The summed E-state index contributed by atoms with van der Waals surface area (Å²) in [6.07, 6.45) is 0.909. The molecule has 1 saturated heterocycles. The summed E-state index contributed by atoms with van der Waals surface area (Å²) in [5.41, 5.74) is 2.83. The van der Waals surface area contributed by atoms with Crippen molar-refractivity contribution in [2.75, 3.05) is 31.2 Å². The maximum atomic E-state index is 13.0. The molecule has 0 saturated carbocycles. The third kappa shape index (κ3) is 2.97. The number of benzene rings is 1. The molecule has 3 heterocycles. The number of para-hydroxylation sites is 1. The van der Waals surface area contributed by atoms with E-state index in [0.29, 0.717) is 5.69 Å². The lowest BCUT2D eigenvalue weighted by Crippen LogP contribution is -2.36. The van der Waals surface area contributed by atoms with Crippen molar-refractivity contribution in [3.05, 3.63) is 45.9 Å². The normalized spacial score (nSPS) is 21.0. The van der Waals surface area contributed by atoms with Crippen molar-refractivity contribution in [1.29, 1.82) is 0 Å². The lowest BCUT2D eigenvalue weighted by molar-refractivity contribution is 0.0341. The molecule has 0 bridgehead atoms. The van der Waals surface area contributed by atoms with Crippen molar-refractivity contribution in [3.63, 3.8) is 0 Å². The summed E-state index contributed by atoms with van der Waals surface area (Å²) in [4.78, 5) is 21.8. The molecule has 5 nitrogen and oxygen atoms in total. The summed E-state index contributed by atoms with van der Waals surface area (Å²) in [6, 6.07) is 8.33. The number of carbonyl (C=O) groups excluding carboxylic acids is 1. The van der Waals surface area contributed by atoms with Gasteiger partial charge in [0, 0.05) is 30.2 Å². The van der Waals surface area contributed by atoms with Crippen LogP contribution in [0.4, 0.5) is 5.69 Å². The number of thiazole rings is 1. The molecular weight excluding hydrogens is 322 g/mol. The molecule has 24 heavy (non-hydrogen) atoms. The number of fused-ring (bicyclic) bond motifs is 1. The van der Waals surface area contributed by atoms with Gasteiger partial charge in [-0.2, -0.15) is 0 Å². The maximum absolute atomic E-state index is 13.0. The molecule has 2 aliphatic heterocycles. The smallest absolute Gasteiger partial charge is 0.278 e. The Morgan fingerprint density at radius 1 is 1.33 bits per heavy atom. The zero-order chi connectivity index (χ0) is 16.5. The number of hydrogen-bond donors (Lipinski definition) is 0. The Labute approximate surface area is 145 Å². The summed E-state index contributed by atoms with van der Waals surface area (Å²) in [5, 5.41) is 2.89. The minimum atomic E-state index is 0.0110. The number of nitrogens with zero attached hydrogens (tertiary/aromatic N) is 3. The van der Waals surface area contributed by atoms with Crippen LogP contribution in [-0.4, -0.2) is 48.1 Å². The van der Waals surface area contributed by atoms with Gasteiger partial charge in [0.2, 0.25) is 0 Å². The molecule has 0 radical (unpaired) electrons. The third-order valence-corrected chi connectivity index (χ3v) is 5.49. The number of rotatable bonds is 3. The van der Waals surface area contributed by atoms with Crippen LogP contribution in [0.3, 0.4) is 0 Å². The molecule has 0 spiro atoms. The van der Waals surface area contributed by atoms with Crippen molar-refractivity contribution < 1.29 is 9.53 Å². The van der Waals surface area contributed by atoms with E-state index >= 15 is 0 Å². The SMILES string of the molecule is CC1Cc2ccccc2N1C(=O)c1csc(CN2CCOCC2)n1. The van der Waals surface area contributed by atoms with Crippen molar-refractivity contribution in [3.8, 4) is 0 Å².